The number of anilines is 1. The second kappa shape index (κ2) is 5.35. The van der Waals surface area contributed by atoms with Gasteiger partial charge in [-0.1, -0.05) is 0 Å². The Morgan fingerprint density at radius 2 is 2.39 bits per heavy atom. The van der Waals surface area contributed by atoms with Crippen molar-refractivity contribution in [1.29, 1.82) is 0 Å². The van der Waals surface area contributed by atoms with Crippen LogP contribution < -0.4 is 5.73 Å². The van der Waals surface area contributed by atoms with Crippen LogP contribution in [0.5, 0.6) is 0 Å². The Morgan fingerprint density at radius 3 is 3.11 bits per heavy atom. The molecule has 0 aliphatic carbocycles. The number of rotatable bonds is 2. The maximum absolute atomic E-state index is 12.4. The molecule has 0 aromatic carbocycles. The first-order chi connectivity index (χ1) is 8.61. The summed E-state index contributed by atoms with van der Waals surface area (Å²) < 4.78 is 5.33. The van der Waals surface area contributed by atoms with E-state index in [-0.39, 0.29) is 12.0 Å². The van der Waals surface area contributed by atoms with Crippen LogP contribution in [-0.2, 0) is 4.74 Å². The molecule has 5 nitrogen and oxygen atoms in total. The highest BCUT2D eigenvalue weighted by molar-refractivity contribution is 5.96. The quantitative estimate of drug-likeness (QED) is 0.855. The van der Waals surface area contributed by atoms with Crippen molar-refractivity contribution >= 4 is 11.6 Å². The molecular weight excluding hydrogens is 230 g/mol. The predicted octanol–water partition coefficient (Wildman–Crippen LogP) is 1.22. The normalized spacial score (nSPS) is 19.9. The van der Waals surface area contributed by atoms with Crippen molar-refractivity contribution in [1.82, 2.24) is 9.88 Å². The minimum atomic E-state index is -0.00551. The van der Waals surface area contributed by atoms with Gasteiger partial charge in [-0.25, -0.2) is 0 Å². The zero-order valence-electron chi connectivity index (χ0n) is 10.8. The number of hydrogen-bond acceptors (Lipinski definition) is 4. The van der Waals surface area contributed by atoms with Crippen molar-refractivity contribution in [2.75, 3.05) is 25.9 Å². The summed E-state index contributed by atoms with van der Waals surface area (Å²) in [6.07, 6.45) is 3.69. The number of aromatic nitrogens is 1. The molecule has 1 amide bonds. The van der Waals surface area contributed by atoms with Crippen molar-refractivity contribution in [3.05, 3.63) is 23.5 Å². The number of hydrogen-bond donors (Lipinski definition) is 1. The molecule has 5 heteroatoms. The summed E-state index contributed by atoms with van der Waals surface area (Å²) in [6.45, 7) is 3.24. The molecule has 0 spiro atoms. The first-order valence-corrected chi connectivity index (χ1v) is 6.16. The fraction of sp³-hybridized carbons (Fsp3) is 0.538. The van der Waals surface area contributed by atoms with Crippen LogP contribution in [0.3, 0.4) is 0 Å². The Kier molecular flexibility index (Phi) is 3.81. The van der Waals surface area contributed by atoms with Gasteiger partial charge in [0.1, 0.15) is 0 Å². The van der Waals surface area contributed by atoms with Crippen molar-refractivity contribution < 1.29 is 9.53 Å². The van der Waals surface area contributed by atoms with Gasteiger partial charge in [-0.05, 0) is 25.8 Å². The van der Waals surface area contributed by atoms with Crippen molar-refractivity contribution in [2.45, 2.75) is 25.9 Å². The number of carbonyl (C=O) groups is 1. The highest BCUT2D eigenvalue weighted by Crippen LogP contribution is 2.18. The van der Waals surface area contributed by atoms with Crippen LogP contribution in [0.1, 0.15) is 28.9 Å². The van der Waals surface area contributed by atoms with E-state index in [4.69, 9.17) is 10.5 Å². The summed E-state index contributed by atoms with van der Waals surface area (Å²) in [5.41, 5.74) is 7.51. The van der Waals surface area contributed by atoms with E-state index in [1.807, 2.05) is 11.8 Å². The van der Waals surface area contributed by atoms with Crippen molar-refractivity contribution in [2.24, 2.45) is 0 Å². The average molecular weight is 249 g/mol. The Hall–Kier alpha value is -1.62. The van der Waals surface area contributed by atoms with Gasteiger partial charge in [0, 0.05) is 20.2 Å². The molecule has 1 unspecified atom stereocenters. The maximum Gasteiger partial charge on any atom is 0.255 e. The lowest BCUT2D eigenvalue weighted by molar-refractivity contribution is 0.0268. The third-order valence-electron chi connectivity index (χ3n) is 3.34. The third-order valence-corrected chi connectivity index (χ3v) is 3.34. The van der Waals surface area contributed by atoms with Crippen LogP contribution in [0.2, 0.25) is 0 Å². The molecule has 1 saturated heterocycles. The Morgan fingerprint density at radius 1 is 1.61 bits per heavy atom. The molecule has 2 heterocycles. The molecule has 1 aromatic rings. The van der Waals surface area contributed by atoms with Crippen LogP contribution in [-0.4, -0.2) is 42.1 Å². The van der Waals surface area contributed by atoms with Gasteiger partial charge in [-0.3, -0.25) is 9.78 Å². The number of amides is 1. The minimum Gasteiger partial charge on any atom is -0.397 e. The van der Waals surface area contributed by atoms with Gasteiger partial charge in [-0.2, -0.15) is 0 Å². The van der Waals surface area contributed by atoms with E-state index in [1.54, 1.807) is 19.4 Å². The number of ether oxygens (including phenoxy) is 1. The first-order valence-electron chi connectivity index (χ1n) is 6.16. The number of pyridine rings is 1. The van der Waals surface area contributed by atoms with E-state index in [2.05, 4.69) is 4.98 Å². The predicted molar refractivity (Wildman–Crippen MR) is 69.3 cm³/mol. The van der Waals surface area contributed by atoms with Gasteiger partial charge in [0.2, 0.25) is 0 Å². The van der Waals surface area contributed by atoms with Crippen LogP contribution in [0.25, 0.3) is 0 Å². The molecule has 0 saturated carbocycles. The van der Waals surface area contributed by atoms with E-state index in [1.165, 1.54) is 0 Å². The van der Waals surface area contributed by atoms with Gasteiger partial charge >= 0.3 is 0 Å². The summed E-state index contributed by atoms with van der Waals surface area (Å²) >= 11 is 0. The minimum absolute atomic E-state index is 0.00551. The number of piperidine rings is 1. The van der Waals surface area contributed by atoms with Gasteiger partial charge in [0.05, 0.1) is 29.2 Å². The zero-order valence-corrected chi connectivity index (χ0v) is 10.8. The van der Waals surface area contributed by atoms with Crippen LogP contribution in [0.4, 0.5) is 5.69 Å². The highest BCUT2D eigenvalue weighted by atomic mass is 16.5. The number of likely N-dealkylation sites (tertiary alicyclic amines) is 1. The number of aryl methyl sites for hydroxylation is 1. The molecule has 0 radical (unpaired) electrons. The molecule has 18 heavy (non-hydrogen) atoms. The molecule has 98 valence electrons. The number of nitrogens with zero attached hydrogens (tertiary/aromatic N) is 2. The van der Waals surface area contributed by atoms with Crippen molar-refractivity contribution in [3.8, 4) is 0 Å². The Bertz CT molecular complexity index is 448. The van der Waals surface area contributed by atoms with E-state index >= 15 is 0 Å². The lowest BCUT2D eigenvalue weighted by Crippen LogP contribution is -2.43. The van der Waals surface area contributed by atoms with Crippen LogP contribution in [0.15, 0.2) is 12.3 Å². The van der Waals surface area contributed by atoms with Crippen LogP contribution in [0, 0.1) is 6.92 Å². The summed E-state index contributed by atoms with van der Waals surface area (Å²) in [5, 5.41) is 0. The average Bonchev–Trinajstić information content (AvgIpc) is 2.41. The molecule has 1 aliphatic rings. The smallest absolute Gasteiger partial charge is 0.255 e. The van der Waals surface area contributed by atoms with E-state index in [0.29, 0.717) is 23.5 Å². The second-order valence-electron chi connectivity index (χ2n) is 4.65. The van der Waals surface area contributed by atoms with Gasteiger partial charge in [-0.15, -0.1) is 0 Å². The Balaban J connectivity index is 2.17. The second-order valence-corrected chi connectivity index (χ2v) is 4.65. The number of carbonyl (C=O) groups excluding carboxylic acids is 1. The largest absolute Gasteiger partial charge is 0.397 e. The van der Waals surface area contributed by atoms with Gasteiger partial charge in [0.25, 0.3) is 5.91 Å². The number of methoxy groups -OCH3 is 1. The zero-order chi connectivity index (χ0) is 13.1. The standard InChI is InChI=1S/C13H19N3O2/c1-9-12(6-10(14)7-15-9)13(17)16-5-3-4-11(8-16)18-2/h6-7,11H,3-5,8,14H2,1-2H3. The molecule has 1 fully saturated rings. The van der Waals surface area contributed by atoms with Gasteiger partial charge in [0.15, 0.2) is 0 Å². The molecule has 1 aromatic heterocycles. The fourth-order valence-corrected chi connectivity index (χ4v) is 2.25. The maximum atomic E-state index is 12.4. The molecule has 2 N–H and O–H groups in total. The van der Waals surface area contributed by atoms with E-state index < -0.39 is 0 Å². The van der Waals surface area contributed by atoms with E-state index in [9.17, 15) is 4.79 Å². The Labute approximate surface area is 107 Å². The molecule has 2 rings (SSSR count). The van der Waals surface area contributed by atoms with E-state index in [0.717, 1.165) is 19.4 Å². The third kappa shape index (κ3) is 2.61. The summed E-state index contributed by atoms with van der Waals surface area (Å²) in [6, 6.07) is 1.70. The topological polar surface area (TPSA) is 68.5 Å². The lowest BCUT2D eigenvalue weighted by Gasteiger charge is -2.32. The highest BCUT2D eigenvalue weighted by Gasteiger charge is 2.25. The molecule has 1 atom stereocenters. The lowest BCUT2D eigenvalue weighted by atomic mass is 10.1. The summed E-state index contributed by atoms with van der Waals surface area (Å²) in [7, 11) is 1.69. The molecule has 1 aliphatic heterocycles. The SMILES string of the molecule is COC1CCCN(C(=O)c2cc(N)cnc2C)C1. The van der Waals surface area contributed by atoms with Crippen LogP contribution >= 0.6 is 0 Å². The fourth-order valence-electron chi connectivity index (χ4n) is 2.25. The first kappa shape index (κ1) is 12.8. The number of nitrogen functional groups attached to an aromatic ring is 1. The number of nitrogens with two attached hydrogens (primary N) is 1. The summed E-state index contributed by atoms with van der Waals surface area (Å²) in [4.78, 5) is 18.4. The molecular formula is C13H19N3O2. The van der Waals surface area contributed by atoms with Crippen molar-refractivity contribution in [3.63, 3.8) is 0 Å². The molecule has 0 bridgehead atoms. The monoisotopic (exact) mass is 249 g/mol. The van der Waals surface area contributed by atoms with Gasteiger partial charge < -0.3 is 15.4 Å². The summed E-state index contributed by atoms with van der Waals surface area (Å²) in [5.74, 6) is -0.00551.